The number of piperidine rings is 1. The van der Waals surface area contributed by atoms with Crippen LogP contribution in [-0.2, 0) is 16.6 Å². The van der Waals surface area contributed by atoms with Crippen LogP contribution in [-0.4, -0.2) is 50.4 Å². The fourth-order valence-corrected chi connectivity index (χ4v) is 4.05. The molecule has 2 N–H and O–H groups in total. The van der Waals surface area contributed by atoms with Crippen LogP contribution < -0.4 is 10.6 Å². The van der Waals surface area contributed by atoms with Gasteiger partial charge in [-0.1, -0.05) is 29.8 Å². The van der Waals surface area contributed by atoms with Gasteiger partial charge in [0.25, 0.3) is 0 Å². The fraction of sp³-hybridized carbons (Fsp3) is 0.588. The van der Waals surface area contributed by atoms with Crippen LogP contribution in [0.3, 0.4) is 0 Å². The van der Waals surface area contributed by atoms with Crippen LogP contribution >= 0.6 is 35.6 Å². The van der Waals surface area contributed by atoms with Crippen molar-refractivity contribution in [2.75, 3.05) is 26.2 Å². The molecule has 0 atom stereocenters. The van der Waals surface area contributed by atoms with Gasteiger partial charge in [0.1, 0.15) is 0 Å². The van der Waals surface area contributed by atoms with Crippen molar-refractivity contribution < 1.29 is 21.6 Å². The molecule has 2 rings (SSSR count). The van der Waals surface area contributed by atoms with Crippen LogP contribution in [0.4, 0.5) is 13.2 Å². The van der Waals surface area contributed by atoms with E-state index in [0.717, 1.165) is 5.56 Å². The lowest BCUT2D eigenvalue weighted by atomic mass is 9.98. The van der Waals surface area contributed by atoms with Gasteiger partial charge in [-0.25, -0.2) is 13.4 Å². The summed E-state index contributed by atoms with van der Waals surface area (Å²) in [6.07, 6.45) is 0.707. The minimum atomic E-state index is -5.25. The maximum absolute atomic E-state index is 12.6. The minimum absolute atomic E-state index is 0. The molecule has 166 valence electrons. The molecule has 0 radical (unpaired) electrons. The molecule has 0 bridgehead atoms. The summed E-state index contributed by atoms with van der Waals surface area (Å²) in [5.74, 6) is 0.636. The molecule has 1 aromatic carbocycles. The van der Waals surface area contributed by atoms with Gasteiger partial charge in [-0.3, -0.25) is 0 Å². The number of hydrogen-bond donors (Lipinski definition) is 2. The largest absolute Gasteiger partial charge is 0.511 e. The summed E-state index contributed by atoms with van der Waals surface area (Å²) in [7, 11) is -5.24. The number of guanidine groups is 1. The Morgan fingerprint density at radius 3 is 2.41 bits per heavy atom. The third-order valence-corrected chi connectivity index (χ3v) is 6.47. The highest BCUT2D eigenvalue weighted by Gasteiger charge is 2.50. The zero-order valence-electron chi connectivity index (χ0n) is 15.9. The molecule has 0 spiro atoms. The molecule has 1 saturated heterocycles. The third kappa shape index (κ3) is 7.44. The van der Waals surface area contributed by atoms with Gasteiger partial charge in [0, 0.05) is 31.2 Å². The van der Waals surface area contributed by atoms with Crippen LogP contribution in [0.25, 0.3) is 0 Å². The number of halogens is 5. The molecule has 0 amide bonds. The van der Waals surface area contributed by atoms with E-state index in [1.807, 2.05) is 25.1 Å². The maximum atomic E-state index is 12.6. The zero-order valence-corrected chi connectivity index (χ0v) is 19.8. The standard InChI is InChI=1S/C17H24ClF3N4O2S.HI/c1-2-22-16(24-12-14-5-3-4-6-15(14)18)23-11-13-7-9-25(10-8-13)28(26,27)17(19,20)21;/h3-6,13H,2,7-12H2,1H3,(H2,22,23,24);1H. The van der Waals surface area contributed by atoms with Crippen molar-refractivity contribution in [3.63, 3.8) is 0 Å². The molecule has 6 nitrogen and oxygen atoms in total. The van der Waals surface area contributed by atoms with Crippen LogP contribution in [0, 0.1) is 5.92 Å². The second-order valence-electron chi connectivity index (χ2n) is 6.46. The quantitative estimate of drug-likeness (QED) is 0.313. The highest BCUT2D eigenvalue weighted by Crippen LogP contribution is 2.30. The lowest BCUT2D eigenvalue weighted by Gasteiger charge is -2.31. The van der Waals surface area contributed by atoms with Crippen molar-refractivity contribution >= 4 is 51.6 Å². The predicted molar refractivity (Wildman–Crippen MR) is 119 cm³/mol. The average Bonchev–Trinajstić information content (AvgIpc) is 2.64. The molecule has 0 unspecified atom stereocenters. The van der Waals surface area contributed by atoms with Crippen molar-refractivity contribution in [2.24, 2.45) is 10.9 Å². The summed E-state index contributed by atoms with van der Waals surface area (Å²) in [4.78, 5) is 4.47. The summed E-state index contributed by atoms with van der Waals surface area (Å²) in [6.45, 7) is 3.18. The van der Waals surface area contributed by atoms with E-state index in [1.54, 1.807) is 6.07 Å². The first kappa shape index (κ1) is 26.2. The number of benzene rings is 1. The van der Waals surface area contributed by atoms with E-state index in [2.05, 4.69) is 15.6 Å². The normalized spacial score (nSPS) is 16.9. The molecular weight excluding hydrogens is 544 g/mol. The Labute approximate surface area is 191 Å². The Hall–Kier alpha value is -0.790. The highest BCUT2D eigenvalue weighted by atomic mass is 127. The van der Waals surface area contributed by atoms with E-state index < -0.39 is 15.5 Å². The van der Waals surface area contributed by atoms with Crippen molar-refractivity contribution in [3.05, 3.63) is 34.9 Å². The Morgan fingerprint density at radius 2 is 1.86 bits per heavy atom. The SMILES string of the molecule is CCNC(=NCc1ccccc1Cl)NCC1CCN(S(=O)(=O)C(F)(F)F)CC1.I. The second kappa shape index (κ2) is 11.6. The van der Waals surface area contributed by atoms with Crippen LogP contribution in [0.2, 0.25) is 5.02 Å². The van der Waals surface area contributed by atoms with Crippen LogP contribution in [0.1, 0.15) is 25.3 Å². The van der Waals surface area contributed by atoms with E-state index >= 15 is 0 Å². The third-order valence-electron chi connectivity index (χ3n) is 4.47. The van der Waals surface area contributed by atoms with Crippen molar-refractivity contribution in [3.8, 4) is 0 Å². The Bertz CT molecular complexity index is 785. The molecule has 1 aromatic rings. The lowest BCUT2D eigenvalue weighted by molar-refractivity contribution is -0.0496. The number of nitrogens with zero attached hydrogens (tertiary/aromatic N) is 2. The summed E-state index contributed by atoms with van der Waals surface area (Å²) in [6, 6.07) is 7.38. The van der Waals surface area contributed by atoms with E-state index in [1.165, 1.54) is 0 Å². The van der Waals surface area contributed by atoms with Gasteiger partial charge < -0.3 is 10.6 Å². The molecule has 1 aliphatic heterocycles. The number of sulfonamides is 1. The monoisotopic (exact) mass is 568 g/mol. The first-order valence-corrected chi connectivity index (χ1v) is 10.8. The fourth-order valence-electron chi connectivity index (χ4n) is 2.87. The topological polar surface area (TPSA) is 73.8 Å². The Balaban J connectivity index is 0.00000420. The molecular formula is C17H25ClF3IN4O2S. The second-order valence-corrected chi connectivity index (χ2v) is 8.80. The zero-order chi connectivity index (χ0) is 20.8. The summed E-state index contributed by atoms with van der Waals surface area (Å²) >= 11 is 6.12. The molecule has 0 aromatic heterocycles. The van der Waals surface area contributed by atoms with Gasteiger partial charge >= 0.3 is 15.5 Å². The van der Waals surface area contributed by atoms with Gasteiger partial charge in [0.05, 0.1) is 6.54 Å². The molecule has 29 heavy (non-hydrogen) atoms. The summed E-state index contributed by atoms with van der Waals surface area (Å²) in [5.41, 5.74) is -4.37. The first-order chi connectivity index (χ1) is 13.1. The summed E-state index contributed by atoms with van der Waals surface area (Å²) < 4.78 is 61.3. The van der Waals surface area contributed by atoms with E-state index in [4.69, 9.17) is 11.6 Å². The van der Waals surface area contributed by atoms with Crippen molar-refractivity contribution in [2.45, 2.75) is 31.8 Å². The van der Waals surface area contributed by atoms with Crippen LogP contribution in [0.15, 0.2) is 29.3 Å². The molecule has 1 heterocycles. The van der Waals surface area contributed by atoms with Gasteiger partial charge in [-0.2, -0.15) is 17.5 Å². The summed E-state index contributed by atoms with van der Waals surface area (Å²) in [5, 5.41) is 6.90. The molecule has 0 saturated carbocycles. The smallest absolute Gasteiger partial charge is 0.357 e. The molecule has 1 fully saturated rings. The van der Waals surface area contributed by atoms with E-state index in [-0.39, 0.29) is 43.0 Å². The Morgan fingerprint density at radius 1 is 1.24 bits per heavy atom. The maximum Gasteiger partial charge on any atom is 0.511 e. The van der Waals surface area contributed by atoms with Crippen molar-refractivity contribution in [1.82, 2.24) is 14.9 Å². The van der Waals surface area contributed by atoms with Crippen LogP contribution in [0.5, 0.6) is 0 Å². The Kier molecular flexibility index (Phi) is 10.5. The van der Waals surface area contributed by atoms with Gasteiger partial charge in [-0.05, 0) is 37.3 Å². The average molecular weight is 569 g/mol. The number of aliphatic imine (C=N–C) groups is 1. The van der Waals surface area contributed by atoms with E-state index in [9.17, 15) is 21.6 Å². The first-order valence-electron chi connectivity index (χ1n) is 8.97. The van der Waals surface area contributed by atoms with E-state index in [0.29, 0.717) is 47.8 Å². The number of alkyl halides is 3. The number of hydrogen-bond acceptors (Lipinski definition) is 3. The number of nitrogens with one attached hydrogen (secondary N) is 2. The predicted octanol–water partition coefficient (Wildman–Crippen LogP) is 3.57. The molecule has 0 aliphatic carbocycles. The van der Waals surface area contributed by atoms with Gasteiger partial charge in [-0.15, -0.1) is 24.0 Å². The van der Waals surface area contributed by atoms with Gasteiger partial charge in [0.15, 0.2) is 5.96 Å². The van der Waals surface area contributed by atoms with Gasteiger partial charge in [0.2, 0.25) is 0 Å². The lowest BCUT2D eigenvalue weighted by Crippen LogP contribution is -2.47. The number of rotatable bonds is 6. The molecule has 12 heteroatoms. The highest BCUT2D eigenvalue weighted by molar-refractivity contribution is 14.0. The minimum Gasteiger partial charge on any atom is -0.357 e. The van der Waals surface area contributed by atoms with Crippen molar-refractivity contribution in [1.29, 1.82) is 0 Å². The molecule has 1 aliphatic rings.